The Labute approximate surface area is 93.4 Å². The van der Waals surface area contributed by atoms with Crippen LogP contribution in [0.4, 0.5) is 18.0 Å². The Hall–Kier alpha value is -1.50. The van der Waals surface area contributed by atoms with Crippen LogP contribution in [0.5, 0.6) is 5.75 Å². The number of hydrogen-bond acceptors (Lipinski definition) is 3. The number of rotatable bonds is 1. The van der Waals surface area contributed by atoms with E-state index in [0.29, 0.717) is 6.07 Å². The maximum Gasteiger partial charge on any atom is 0.419 e. The van der Waals surface area contributed by atoms with E-state index >= 15 is 0 Å². The molecular weight excluding hydrogens is 249 g/mol. The Bertz CT molecular complexity index is 409. The fourth-order valence-electron chi connectivity index (χ4n) is 0.842. The highest BCUT2D eigenvalue weighted by atomic mass is 35.5. The Morgan fingerprint density at radius 3 is 2.69 bits per heavy atom. The molecule has 0 atom stereocenters. The van der Waals surface area contributed by atoms with Crippen molar-refractivity contribution in [2.75, 3.05) is 7.05 Å². The molecule has 0 aromatic carbocycles. The van der Waals surface area contributed by atoms with Gasteiger partial charge in [-0.25, -0.2) is 9.78 Å². The first-order valence-electron chi connectivity index (χ1n) is 3.97. The van der Waals surface area contributed by atoms with Crippen molar-refractivity contribution < 1.29 is 22.7 Å². The lowest BCUT2D eigenvalue weighted by atomic mass is 10.3. The van der Waals surface area contributed by atoms with E-state index in [1.165, 1.54) is 7.05 Å². The number of pyridine rings is 1. The smallest absolute Gasteiger partial charge is 0.409 e. The van der Waals surface area contributed by atoms with Gasteiger partial charge in [0.1, 0.15) is 5.15 Å². The molecule has 1 aromatic rings. The van der Waals surface area contributed by atoms with E-state index in [4.69, 9.17) is 11.6 Å². The zero-order chi connectivity index (χ0) is 12.3. The van der Waals surface area contributed by atoms with Crippen LogP contribution in [0.25, 0.3) is 0 Å². The molecule has 0 aliphatic heterocycles. The average molecular weight is 255 g/mol. The quantitative estimate of drug-likeness (QED) is 0.783. The SMILES string of the molecule is CNC(=O)Oc1cnc(Cl)c(C(F)(F)F)c1. The van der Waals surface area contributed by atoms with Gasteiger partial charge in [-0.05, 0) is 6.07 Å². The van der Waals surface area contributed by atoms with Gasteiger partial charge in [-0.15, -0.1) is 0 Å². The van der Waals surface area contributed by atoms with Crippen molar-refractivity contribution >= 4 is 17.7 Å². The van der Waals surface area contributed by atoms with Crippen LogP contribution in [0, 0.1) is 0 Å². The number of carbonyl (C=O) groups is 1. The van der Waals surface area contributed by atoms with E-state index in [2.05, 4.69) is 15.0 Å². The van der Waals surface area contributed by atoms with Gasteiger partial charge in [0, 0.05) is 7.05 Å². The summed E-state index contributed by atoms with van der Waals surface area (Å²) in [7, 11) is 1.27. The number of carbonyl (C=O) groups excluding carboxylic acids is 1. The molecule has 1 N–H and O–H groups in total. The number of ether oxygens (including phenoxy) is 1. The minimum Gasteiger partial charge on any atom is -0.409 e. The van der Waals surface area contributed by atoms with E-state index in [-0.39, 0.29) is 5.75 Å². The Morgan fingerprint density at radius 1 is 1.56 bits per heavy atom. The maximum atomic E-state index is 12.4. The van der Waals surface area contributed by atoms with Crippen molar-refractivity contribution in [1.82, 2.24) is 10.3 Å². The largest absolute Gasteiger partial charge is 0.419 e. The van der Waals surface area contributed by atoms with Crippen LogP contribution in [0.3, 0.4) is 0 Å². The van der Waals surface area contributed by atoms with Gasteiger partial charge in [-0.2, -0.15) is 13.2 Å². The zero-order valence-electron chi connectivity index (χ0n) is 7.93. The summed E-state index contributed by atoms with van der Waals surface area (Å²) in [5, 5.41) is 1.39. The van der Waals surface area contributed by atoms with E-state index in [9.17, 15) is 18.0 Å². The lowest BCUT2D eigenvalue weighted by Gasteiger charge is -2.09. The highest BCUT2D eigenvalue weighted by Crippen LogP contribution is 2.35. The number of hydrogen-bond donors (Lipinski definition) is 1. The minimum atomic E-state index is -4.65. The number of nitrogens with zero attached hydrogens (tertiary/aromatic N) is 1. The predicted octanol–water partition coefficient (Wildman–Crippen LogP) is 2.47. The predicted molar refractivity (Wildman–Crippen MR) is 49.3 cm³/mol. The fourth-order valence-corrected chi connectivity index (χ4v) is 1.05. The summed E-state index contributed by atoms with van der Waals surface area (Å²) in [4.78, 5) is 14.0. The lowest BCUT2D eigenvalue weighted by Crippen LogP contribution is -2.22. The Morgan fingerprint density at radius 2 is 2.19 bits per heavy atom. The summed E-state index contributed by atoms with van der Waals surface area (Å²) in [5.74, 6) is -0.337. The Kier molecular flexibility index (Phi) is 3.58. The zero-order valence-corrected chi connectivity index (χ0v) is 8.69. The molecule has 1 rings (SSSR count). The molecule has 0 fully saturated rings. The summed E-state index contributed by atoms with van der Waals surface area (Å²) in [5.41, 5.74) is -1.16. The van der Waals surface area contributed by atoms with Gasteiger partial charge in [0.25, 0.3) is 0 Å². The monoisotopic (exact) mass is 254 g/mol. The maximum absolute atomic E-state index is 12.4. The molecule has 0 unspecified atom stereocenters. The summed E-state index contributed by atoms with van der Waals surface area (Å²) in [6.45, 7) is 0. The van der Waals surface area contributed by atoms with Crippen molar-refractivity contribution in [3.63, 3.8) is 0 Å². The normalized spacial score (nSPS) is 11.1. The number of amides is 1. The molecule has 0 saturated carbocycles. The van der Waals surface area contributed by atoms with Crippen LogP contribution in [0.1, 0.15) is 5.56 Å². The molecule has 16 heavy (non-hydrogen) atoms. The van der Waals surface area contributed by atoms with Crippen LogP contribution >= 0.6 is 11.6 Å². The van der Waals surface area contributed by atoms with Gasteiger partial charge in [0.05, 0.1) is 11.8 Å². The molecule has 8 heteroatoms. The van der Waals surface area contributed by atoms with Gasteiger partial charge >= 0.3 is 12.3 Å². The lowest BCUT2D eigenvalue weighted by molar-refractivity contribution is -0.137. The van der Waals surface area contributed by atoms with Crippen LogP contribution in [0.2, 0.25) is 5.15 Å². The minimum absolute atomic E-state index is 0.337. The van der Waals surface area contributed by atoms with E-state index in [1.54, 1.807) is 0 Å². The van der Waals surface area contributed by atoms with Crippen LogP contribution in [0.15, 0.2) is 12.3 Å². The van der Waals surface area contributed by atoms with E-state index in [0.717, 1.165) is 6.20 Å². The van der Waals surface area contributed by atoms with Crippen molar-refractivity contribution in [2.45, 2.75) is 6.18 Å². The van der Waals surface area contributed by atoms with Crippen molar-refractivity contribution in [2.24, 2.45) is 0 Å². The topological polar surface area (TPSA) is 51.2 Å². The van der Waals surface area contributed by atoms with Crippen LogP contribution < -0.4 is 10.1 Å². The van der Waals surface area contributed by atoms with Crippen molar-refractivity contribution in [3.05, 3.63) is 23.0 Å². The molecule has 88 valence electrons. The summed E-state index contributed by atoms with van der Waals surface area (Å²) >= 11 is 5.26. The molecule has 0 bridgehead atoms. The molecule has 0 saturated heterocycles. The molecule has 0 spiro atoms. The first-order chi connectivity index (χ1) is 7.34. The first-order valence-corrected chi connectivity index (χ1v) is 4.34. The number of halogens is 4. The third-order valence-corrected chi connectivity index (χ3v) is 1.84. The molecule has 1 aromatic heterocycles. The molecule has 4 nitrogen and oxygen atoms in total. The fraction of sp³-hybridized carbons (Fsp3) is 0.250. The summed E-state index contributed by atoms with van der Waals surface area (Å²) in [6, 6.07) is 0.602. The van der Waals surface area contributed by atoms with Crippen LogP contribution in [-0.2, 0) is 6.18 Å². The van der Waals surface area contributed by atoms with Gasteiger partial charge in [-0.1, -0.05) is 11.6 Å². The Balaban J connectivity index is 3.03. The number of aromatic nitrogens is 1. The third kappa shape index (κ3) is 2.99. The van der Waals surface area contributed by atoms with Gasteiger partial charge in [0.15, 0.2) is 5.75 Å². The van der Waals surface area contributed by atoms with Crippen molar-refractivity contribution in [1.29, 1.82) is 0 Å². The van der Waals surface area contributed by atoms with Gasteiger partial charge in [0.2, 0.25) is 0 Å². The molecule has 0 radical (unpaired) electrons. The summed E-state index contributed by atoms with van der Waals surface area (Å²) < 4.78 is 41.6. The van der Waals surface area contributed by atoms with Crippen LogP contribution in [-0.4, -0.2) is 18.1 Å². The van der Waals surface area contributed by atoms with Gasteiger partial charge < -0.3 is 10.1 Å². The van der Waals surface area contributed by atoms with E-state index in [1.807, 2.05) is 0 Å². The third-order valence-electron chi connectivity index (χ3n) is 1.53. The molecule has 1 heterocycles. The summed E-state index contributed by atoms with van der Waals surface area (Å²) in [6.07, 6.45) is -4.61. The first kappa shape index (κ1) is 12.6. The second-order valence-electron chi connectivity index (χ2n) is 2.65. The molecule has 0 aliphatic carbocycles. The van der Waals surface area contributed by atoms with Gasteiger partial charge in [-0.3, -0.25) is 0 Å². The second-order valence-corrected chi connectivity index (χ2v) is 3.00. The molecular formula is C8H6ClF3N2O2. The highest BCUT2D eigenvalue weighted by Gasteiger charge is 2.34. The van der Waals surface area contributed by atoms with Crippen molar-refractivity contribution in [3.8, 4) is 5.75 Å². The number of nitrogens with one attached hydrogen (secondary N) is 1. The number of alkyl halides is 3. The molecule has 0 aliphatic rings. The molecule has 1 amide bonds. The highest BCUT2D eigenvalue weighted by molar-refractivity contribution is 6.30. The standard InChI is InChI=1S/C8H6ClF3N2O2/c1-13-7(15)16-4-2-5(8(10,11)12)6(9)14-3-4/h2-3H,1H3,(H,13,15). The van der Waals surface area contributed by atoms with E-state index < -0.39 is 23.0 Å². The second kappa shape index (κ2) is 4.56. The average Bonchev–Trinajstić information content (AvgIpc) is 2.19.